The molecular formula is C16H24N2O5. The minimum atomic E-state index is -1.01. The minimum Gasteiger partial charge on any atom is -0.481 e. The number of hydrogen-bond acceptors (Lipinski definition) is 5. The van der Waals surface area contributed by atoms with Crippen LogP contribution < -0.4 is 10.1 Å². The molecule has 0 fully saturated rings. The molecule has 0 bridgehead atoms. The predicted octanol–water partition coefficient (Wildman–Crippen LogP) is 1.87. The van der Waals surface area contributed by atoms with E-state index in [2.05, 4.69) is 10.3 Å². The van der Waals surface area contributed by atoms with Crippen molar-refractivity contribution in [3.63, 3.8) is 0 Å². The second-order valence-electron chi connectivity index (χ2n) is 5.74. The van der Waals surface area contributed by atoms with Gasteiger partial charge in [0.25, 0.3) is 5.91 Å². The molecule has 1 amide bonds. The van der Waals surface area contributed by atoms with Crippen molar-refractivity contribution >= 4 is 11.9 Å². The Morgan fingerprint density at radius 2 is 2.17 bits per heavy atom. The molecule has 0 aromatic carbocycles. The first-order valence-corrected chi connectivity index (χ1v) is 7.45. The number of hydrogen-bond donors (Lipinski definition) is 2. The Labute approximate surface area is 136 Å². The molecule has 0 aliphatic rings. The summed E-state index contributed by atoms with van der Waals surface area (Å²) < 4.78 is 10.6. The average Bonchev–Trinajstić information content (AvgIpc) is 2.46. The zero-order valence-corrected chi connectivity index (χ0v) is 14.0. The molecule has 1 heterocycles. The quantitative estimate of drug-likeness (QED) is 0.719. The van der Waals surface area contributed by atoms with Gasteiger partial charge in [-0.3, -0.25) is 9.59 Å². The van der Waals surface area contributed by atoms with Crippen LogP contribution >= 0.6 is 0 Å². The molecule has 2 atom stereocenters. The van der Waals surface area contributed by atoms with Crippen LogP contribution in [-0.4, -0.2) is 47.3 Å². The summed E-state index contributed by atoms with van der Waals surface area (Å²) in [4.78, 5) is 27.4. The monoisotopic (exact) mass is 324 g/mol. The molecule has 128 valence electrons. The maximum Gasteiger partial charge on any atom is 0.305 e. The van der Waals surface area contributed by atoms with Gasteiger partial charge >= 0.3 is 5.97 Å². The minimum absolute atomic E-state index is 0.00780. The molecule has 0 aliphatic heterocycles. The number of carbonyl (C=O) groups is 2. The molecule has 2 N–H and O–H groups in total. The number of methoxy groups -OCH3 is 1. The van der Waals surface area contributed by atoms with Gasteiger partial charge in [0.05, 0.1) is 24.7 Å². The molecule has 0 saturated heterocycles. The third-order valence-electron chi connectivity index (χ3n) is 3.31. The van der Waals surface area contributed by atoms with E-state index >= 15 is 0 Å². The Hall–Kier alpha value is -2.15. The van der Waals surface area contributed by atoms with Crippen molar-refractivity contribution in [2.75, 3.05) is 13.7 Å². The van der Waals surface area contributed by atoms with Crippen LogP contribution in [0.5, 0.6) is 5.88 Å². The number of carboxylic acid groups (broad SMARTS) is 1. The third kappa shape index (κ3) is 6.23. The van der Waals surface area contributed by atoms with Crippen molar-refractivity contribution in [1.29, 1.82) is 0 Å². The van der Waals surface area contributed by atoms with Gasteiger partial charge in [-0.05, 0) is 26.3 Å². The number of aliphatic carboxylic acids is 1. The Kier molecular flexibility index (Phi) is 6.96. The number of ether oxygens (including phenoxy) is 2. The van der Waals surface area contributed by atoms with E-state index in [0.717, 1.165) is 6.42 Å². The molecule has 1 aromatic rings. The first-order chi connectivity index (χ1) is 10.8. The molecule has 1 aromatic heterocycles. The van der Waals surface area contributed by atoms with Crippen molar-refractivity contribution in [3.05, 3.63) is 23.9 Å². The Bertz CT molecular complexity index is 549. The zero-order chi connectivity index (χ0) is 17.5. The lowest BCUT2D eigenvalue weighted by Crippen LogP contribution is -2.50. The van der Waals surface area contributed by atoms with Crippen molar-refractivity contribution in [2.24, 2.45) is 0 Å². The number of aromatic nitrogens is 1. The van der Waals surface area contributed by atoms with Crippen molar-refractivity contribution in [1.82, 2.24) is 10.3 Å². The van der Waals surface area contributed by atoms with Gasteiger partial charge in [0.15, 0.2) is 0 Å². The number of amides is 1. The highest BCUT2D eigenvalue weighted by atomic mass is 16.5. The van der Waals surface area contributed by atoms with Gasteiger partial charge in [0, 0.05) is 24.9 Å². The van der Waals surface area contributed by atoms with Gasteiger partial charge in [-0.2, -0.15) is 0 Å². The molecule has 7 heteroatoms. The Morgan fingerprint density at radius 1 is 1.48 bits per heavy atom. The number of nitrogens with zero attached hydrogens (tertiary/aromatic N) is 1. The number of pyridine rings is 1. The summed E-state index contributed by atoms with van der Waals surface area (Å²) in [6.07, 6.45) is 2.06. The molecule has 0 aliphatic carbocycles. The van der Waals surface area contributed by atoms with Gasteiger partial charge < -0.3 is 19.9 Å². The van der Waals surface area contributed by atoms with Gasteiger partial charge in [-0.15, -0.1) is 0 Å². The van der Waals surface area contributed by atoms with Crippen LogP contribution in [0.1, 0.15) is 44.0 Å². The molecule has 0 radical (unpaired) electrons. The van der Waals surface area contributed by atoms with Crippen molar-refractivity contribution in [3.8, 4) is 5.88 Å². The fourth-order valence-electron chi connectivity index (χ4n) is 2.03. The normalized spacial score (nSPS) is 14.6. The standard InChI is InChI=1S/C16H24N2O5/c1-5-11(2)23-13-8-12(6-7-17-13)15(21)18-16(3,10-22-4)9-14(19)20/h6-8,11H,5,9-10H2,1-4H3,(H,18,21)(H,19,20). The summed E-state index contributed by atoms with van der Waals surface area (Å²) in [6.45, 7) is 5.62. The largest absolute Gasteiger partial charge is 0.481 e. The lowest BCUT2D eigenvalue weighted by molar-refractivity contribution is -0.139. The van der Waals surface area contributed by atoms with Crippen LogP contribution in [0, 0.1) is 0 Å². The van der Waals surface area contributed by atoms with Crippen LogP contribution in [-0.2, 0) is 9.53 Å². The van der Waals surface area contributed by atoms with Crippen LogP contribution in [0.25, 0.3) is 0 Å². The van der Waals surface area contributed by atoms with E-state index in [9.17, 15) is 9.59 Å². The first kappa shape index (κ1) is 18.9. The van der Waals surface area contributed by atoms with E-state index < -0.39 is 17.4 Å². The predicted molar refractivity (Wildman–Crippen MR) is 84.6 cm³/mol. The molecule has 23 heavy (non-hydrogen) atoms. The molecule has 0 spiro atoms. The Balaban J connectivity index is 2.87. The van der Waals surface area contributed by atoms with Crippen molar-refractivity contribution in [2.45, 2.75) is 45.3 Å². The summed E-state index contributed by atoms with van der Waals surface area (Å²) in [7, 11) is 1.46. The fraction of sp³-hybridized carbons (Fsp3) is 0.562. The molecule has 1 rings (SSSR count). The summed E-state index contributed by atoms with van der Waals surface area (Å²) in [6, 6.07) is 3.09. The maximum absolute atomic E-state index is 12.4. The Morgan fingerprint density at radius 3 is 2.74 bits per heavy atom. The zero-order valence-electron chi connectivity index (χ0n) is 14.0. The lowest BCUT2D eigenvalue weighted by Gasteiger charge is -2.28. The smallest absolute Gasteiger partial charge is 0.305 e. The molecule has 2 unspecified atom stereocenters. The van der Waals surface area contributed by atoms with Gasteiger partial charge in [-0.1, -0.05) is 6.92 Å². The van der Waals surface area contributed by atoms with Crippen molar-refractivity contribution < 1.29 is 24.2 Å². The highest BCUT2D eigenvalue weighted by molar-refractivity contribution is 5.95. The van der Waals surface area contributed by atoms with Crippen LogP contribution in [0.2, 0.25) is 0 Å². The second-order valence-corrected chi connectivity index (χ2v) is 5.74. The average molecular weight is 324 g/mol. The van der Waals surface area contributed by atoms with Gasteiger partial charge in [0.1, 0.15) is 0 Å². The number of carboxylic acids is 1. The van der Waals surface area contributed by atoms with Gasteiger partial charge in [0.2, 0.25) is 5.88 Å². The van der Waals surface area contributed by atoms with E-state index in [1.165, 1.54) is 19.4 Å². The lowest BCUT2D eigenvalue weighted by atomic mass is 9.98. The van der Waals surface area contributed by atoms with E-state index in [1.807, 2.05) is 13.8 Å². The van der Waals surface area contributed by atoms with E-state index in [0.29, 0.717) is 11.4 Å². The summed E-state index contributed by atoms with van der Waals surface area (Å²) >= 11 is 0. The summed E-state index contributed by atoms with van der Waals surface area (Å²) in [5.74, 6) is -1.05. The van der Waals surface area contributed by atoms with Crippen LogP contribution in [0.3, 0.4) is 0 Å². The molecule has 0 saturated carbocycles. The van der Waals surface area contributed by atoms with E-state index in [1.54, 1.807) is 13.0 Å². The highest BCUT2D eigenvalue weighted by Gasteiger charge is 2.30. The summed E-state index contributed by atoms with van der Waals surface area (Å²) in [5, 5.41) is 11.7. The van der Waals surface area contributed by atoms with E-state index in [4.69, 9.17) is 14.6 Å². The van der Waals surface area contributed by atoms with Gasteiger partial charge in [-0.25, -0.2) is 4.98 Å². The number of carbonyl (C=O) groups excluding carboxylic acids is 1. The SMILES string of the molecule is CCC(C)Oc1cc(C(=O)NC(C)(COC)CC(=O)O)ccn1. The first-order valence-electron chi connectivity index (χ1n) is 7.45. The van der Waals surface area contributed by atoms with E-state index in [-0.39, 0.29) is 19.1 Å². The number of rotatable bonds is 9. The maximum atomic E-state index is 12.4. The van der Waals surface area contributed by atoms with Crippen LogP contribution in [0.15, 0.2) is 18.3 Å². The summed E-state index contributed by atoms with van der Waals surface area (Å²) in [5.41, 5.74) is -0.649. The topological polar surface area (TPSA) is 97.8 Å². The highest BCUT2D eigenvalue weighted by Crippen LogP contribution is 2.15. The number of nitrogens with one attached hydrogen (secondary N) is 1. The fourth-order valence-corrected chi connectivity index (χ4v) is 2.03. The molecule has 7 nitrogen and oxygen atoms in total. The molecular weight excluding hydrogens is 300 g/mol. The second kappa shape index (κ2) is 8.47. The van der Waals surface area contributed by atoms with Crippen LogP contribution in [0.4, 0.5) is 0 Å². The third-order valence-corrected chi connectivity index (χ3v) is 3.31.